The third-order valence-corrected chi connectivity index (χ3v) is 0.944. The van der Waals surface area contributed by atoms with Crippen LogP contribution in [0.1, 0.15) is 6.92 Å². The molecule has 0 bridgehead atoms. The Kier molecular flexibility index (Phi) is 19.7. The van der Waals surface area contributed by atoms with Gasteiger partial charge in [0, 0.05) is 13.2 Å². The van der Waals surface area contributed by atoms with Crippen molar-refractivity contribution in [2.45, 2.75) is 13.2 Å². The molecule has 0 aromatic heterocycles. The zero-order chi connectivity index (χ0) is 7.82. The highest BCUT2D eigenvalue weighted by molar-refractivity contribution is 4.38. The van der Waals surface area contributed by atoms with Crippen LogP contribution in [0.3, 0.4) is 0 Å². The number of rotatable bonds is 6. The number of aliphatic hydroxyl groups is 1. The van der Waals surface area contributed by atoms with E-state index in [4.69, 9.17) is 20.3 Å². The molecule has 0 aromatic rings. The van der Waals surface area contributed by atoms with Gasteiger partial charge in [0.25, 0.3) is 0 Å². The van der Waals surface area contributed by atoms with Crippen LogP contribution in [0, 0.1) is 0 Å². The van der Waals surface area contributed by atoms with E-state index in [9.17, 15) is 0 Å². The lowest BCUT2D eigenvalue weighted by Crippen LogP contribution is -2.24. The molecule has 0 aliphatic rings. The predicted octanol–water partition coefficient (Wildman–Crippen LogP) is -0.359. The van der Waals surface area contributed by atoms with E-state index in [0.717, 1.165) is 0 Å². The van der Waals surface area contributed by atoms with E-state index < -0.39 is 6.29 Å². The van der Waals surface area contributed by atoms with Crippen LogP contribution < -0.4 is 18.0 Å². The quantitative estimate of drug-likeness (QED) is 0.328. The number of hydrogen-bond acceptors (Lipinski definition) is 6. The Balaban J connectivity index is -0.000000405. The van der Waals surface area contributed by atoms with Crippen LogP contribution in [0.15, 0.2) is 0 Å². The van der Waals surface area contributed by atoms with Gasteiger partial charge in [-0.15, -0.1) is 0 Å². The van der Waals surface area contributed by atoms with Crippen LogP contribution >= 0.6 is 0 Å². The maximum Gasteiger partial charge on any atom is 0.166 e. The lowest BCUT2D eigenvalue weighted by atomic mass is 10.6. The molecule has 0 aliphatic heterocycles. The minimum absolute atomic E-state index is 0. The fourth-order valence-electron chi connectivity index (χ4n) is 0.455. The summed E-state index contributed by atoms with van der Waals surface area (Å²) in [4.78, 5) is 0. The summed E-state index contributed by atoms with van der Waals surface area (Å²) >= 11 is 0. The van der Waals surface area contributed by atoms with Crippen molar-refractivity contribution in [3.63, 3.8) is 0 Å². The molecule has 0 aliphatic carbocycles. The molecule has 78 valence electrons. The summed E-state index contributed by atoms with van der Waals surface area (Å²) in [6.07, 6.45) is -0.847. The molecule has 12 heavy (non-hydrogen) atoms. The van der Waals surface area contributed by atoms with E-state index in [1.54, 1.807) is 0 Å². The van der Waals surface area contributed by atoms with Crippen molar-refractivity contribution >= 4 is 0 Å². The standard InChI is InChI=1S/C6H15NO3.2H3N/c1-2-9-3-4-10-6(8)5-7;;/h6,8H,2-5,7H2,1H3;2*1H3. The Labute approximate surface area is 73.2 Å². The number of ether oxygens (including phenoxy) is 2. The first-order chi connectivity index (χ1) is 4.81. The summed E-state index contributed by atoms with van der Waals surface area (Å²) in [5.41, 5.74) is 5.07. The fourth-order valence-corrected chi connectivity index (χ4v) is 0.455. The van der Waals surface area contributed by atoms with E-state index in [0.29, 0.717) is 19.8 Å². The van der Waals surface area contributed by atoms with Crippen LogP contribution in [-0.2, 0) is 9.47 Å². The first-order valence-corrected chi connectivity index (χ1v) is 3.38. The average Bonchev–Trinajstić information content (AvgIpc) is 1.98. The van der Waals surface area contributed by atoms with Crippen molar-refractivity contribution in [2.24, 2.45) is 5.73 Å². The molecule has 0 spiro atoms. The Morgan fingerprint density at radius 2 is 1.92 bits per heavy atom. The Morgan fingerprint density at radius 3 is 2.33 bits per heavy atom. The second kappa shape index (κ2) is 13.4. The topological polar surface area (TPSA) is 135 Å². The highest BCUT2D eigenvalue weighted by atomic mass is 16.6. The summed E-state index contributed by atoms with van der Waals surface area (Å²) in [6.45, 7) is 3.60. The van der Waals surface area contributed by atoms with Crippen molar-refractivity contribution in [3.8, 4) is 0 Å². The second-order valence-electron chi connectivity index (χ2n) is 1.76. The minimum Gasteiger partial charge on any atom is -0.379 e. The van der Waals surface area contributed by atoms with Crippen LogP contribution in [0.25, 0.3) is 0 Å². The summed E-state index contributed by atoms with van der Waals surface area (Å²) in [5, 5.41) is 8.75. The predicted molar refractivity (Wildman–Crippen MR) is 47.6 cm³/mol. The van der Waals surface area contributed by atoms with Gasteiger partial charge in [-0.3, -0.25) is 0 Å². The third kappa shape index (κ3) is 12.4. The van der Waals surface area contributed by atoms with E-state index in [2.05, 4.69) is 0 Å². The number of nitrogens with two attached hydrogens (primary N) is 1. The van der Waals surface area contributed by atoms with Crippen molar-refractivity contribution in [1.82, 2.24) is 12.3 Å². The molecule has 0 saturated heterocycles. The Bertz CT molecular complexity index is 75.1. The fraction of sp³-hybridized carbons (Fsp3) is 1.00. The van der Waals surface area contributed by atoms with Crippen LogP contribution in [0.2, 0.25) is 0 Å². The summed E-state index contributed by atoms with van der Waals surface area (Å²) in [7, 11) is 0. The highest BCUT2D eigenvalue weighted by Crippen LogP contribution is 1.83. The molecular weight excluding hydrogens is 162 g/mol. The van der Waals surface area contributed by atoms with Crippen molar-refractivity contribution in [1.29, 1.82) is 0 Å². The molecule has 0 aromatic carbocycles. The Morgan fingerprint density at radius 1 is 1.33 bits per heavy atom. The van der Waals surface area contributed by atoms with Gasteiger partial charge in [0.15, 0.2) is 6.29 Å². The molecule has 1 atom stereocenters. The third-order valence-electron chi connectivity index (χ3n) is 0.944. The highest BCUT2D eigenvalue weighted by Gasteiger charge is 1.97. The summed E-state index contributed by atoms with van der Waals surface area (Å²) in [6, 6.07) is 0. The van der Waals surface area contributed by atoms with Gasteiger partial charge >= 0.3 is 0 Å². The average molecular weight is 183 g/mol. The zero-order valence-electron chi connectivity index (χ0n) is 7.66. The monoisotopic (exact) mass is 183 g/mol. The lowest BCUT2D eigenvalue weighted by Gasteiger charge is -2.08. The first-order valence-electron chi connectivity index (χ1n) is 3.38. The van der Waals surface area contributed by atoms with Gasteiger partial charge in [0.2, 0.25) is 0 Å². The van der Waals surface area contributed by atoms with E-state index in [1.807, 2.05) is 6.92 Å². The molecule has 0 radical (unpaired) electrons. The van der Waals surface area contributed by atoms with E-state index in [1.165, 1.54) is 0 Å². The Hall–Kier alpha value is -0.240. The first kappa shape index (κ1) is 17.7. The minimum atomic E-state index is -0.847. The van der Waals surface area contributed by atoms with Crippen molar-refractivity contribution in [3.05, 3.63) is 0 Å². The molecule has 0 heterocycles. The molecule has 1 unspecified atom stereocenters. The molecule has 9 N–H and O–H groups in total. The maximum atomic E-state index is 8.75. The summed E-state index contributed by atoms with van der Waals surface area (Å²) < 4.78 is 9.75. The van der Waals surface area contributed by atoms with E-state index in [-0.39, 0.29) is 18.8 Å². The van der Waals surface area contributed by atoms with Gasteiger partial charge in [-0.1, -0.05) is 0 Å². The van der Waals surface area contributed by atoms with Crippen molar-refractivity contribution in [2.75, 3.05) is 26.4 Å². The normalized spacial score (nSPS) is 11.2. The number of aliphatic hydroxyl groups excluding tert-OH is 1. The van der Waals surface area contributed by atoms with Gasteiger partial charge in [0.1, 0.15) is 0 Å². The SMILES string of the molecule is CCOCCOC(O)CN.N.N. The van der Waals surface area contributed by atoms with Crippen LogP contribution in [0.5, 0.6) is 0 Å². The molecular formula is C6H21N3O3. The number of hydrogen-bond donors (Lipinski definition) is 4. The molecule has 0 fully saturated rings. The van der Waals surface area contributed by atoms with Gasteiger partial charge < -0.3 is 32.6 Å². The second-order valence-corrected chi connectivity index (χ2v) is 1.76. The molecule has 6 nitrogen and oxygen atoms in total. The summed E-state index contributed by atoms with van der Waals surface area (Å²) in [5.74, 6) is 0. The van der Waals surface area contributed by atoms with Crippen molar-refractivity contribution < 1.29 is 14.6 Å². The molecule has 6 heteroatoms. The van der Waals surface area contributed by atoms with E-state index >= 15 is 0 Å². The maximum absolute atomic E-state index is 8.75. The zero-order valence-corrected chi connectivity index (χ0v) is 7.66. The largest absolute Gasteiger partial charge is 0.379 e. The van der Waals surface area contributed by atoms with Gasteiger partial charge in [-0.2, -0.15) is 0 Å². The molecule has 0 amide bonds. The van der Waals surface area contributed by atoms with Gasteiger partial charge in [-0.05, 0) is 6.92 Å². The molecule has 0 saturated carbocycles. The van der Waals surface area contributed by atoms with Gasteiger partial charge in [0.05, 0.1) is 13.2 Å². The smallest absolute Gasteiger partial charge is 0.166 e. The van der Waals surface area contributed by atoms with Crippen LogP contribution in [-0.4, -0.2) is 37.8 Å². The van der Waals surface area contributed by atoms with Gasteiger partial charge in [-0.25, -0.2) is 0 Å². The lowest BCUT2D eigenvalue weighted by molar-refractivity contribution is -0.104. The van der Waals surface area contributed by atoms with Crippen LogP contribution in [0.4, 0.5) is 0 Å². The molecule has 0 rings (SSSR count).